The molecule has 0 aliphatic carbocycles. The summed E-state index contributed by atoms with van der Waals surface area (Å²) in [4.78, 5) is 20.0. The monoisotopic (exact) mass is 294 g/mol. The molecular weight excluding hydrogens is 280 g/mol. The van der Waals surface area contributed by atoms with E-state index in [-0.39, 0.29) is 5.69 Å². The van der Waals surface area contributed by atoms with Crippen LogP contribution in [-0.2, 0) is 6.42 Å². The highest BCUT2D eigenvalue weighted by Crippen LogP contribution is 2.17. The Morgan fingerprint density at radius 1 is 1.18 bits per heavy atom. The predicted octanol–water partition coefficient (Wildman–Crippen LogP) is 2.59. The van der Waals surface area contributed by atoms with Crippen molar-refractivity contribution in [3.8, 4) is 17.2 Å². The van der Waals surface area contributed by atoms with Crippen LogP contribution in [0.4, 0.5) is 0 Å². The molecule has 0 radical (unpaired) electrons. The largest absolute Gasteiger partial charge is 0.476 e. The predicted molar refractivity (Wildman–Crippen MR) is 80.9 cm³/mol. The summed E-state index contributed by atoms with van der Waals surface area (Å²) in [6.07, 6.45) is 2.34. The molecule has 110 valence electrons. The molecule has 6 heteroatoms. The molecule has 2 heterocycles. The van der Waals surface area contributed by atoms with Crippen LogP contribution < -0.4 is 0 Å². The van der Waals surface area contributed by atoms with Crippen molar-refractivity contribution in [2.24, 2.45) is 0 Å². The molecule has 0 atom stereocenters. The van der Waals surface area contributed by atoms with Gasteiger partial charge in [-0.05, 0) is 12.5 Å². The fourth-order valence-electron chi connectivity index (χ4n) is 2.06. The second-order valence-corrected chi connectivity index (χ2v) is 4.71. The Hall–Kier alpha value is -3.02. The first kappa shape index (κ1) is 13.9. The van der Waals surface area contributed by atoms with Crippen molar-refractivity contribution in [3.63, 3.8) is 0 Å². The highest BCUT2D eigenvalue weighted by Gasteiger charge is 2.11. The van der Waals surface area contributed by atoms with Crippen LogP contribution in [0.2, 0.25) is 0 Å². The number of carboxylic acids is 1. The Kier molecular flexibility index (Phi) is 3.65. The Morgan fingerprint density at radius 3 is 2.59 bits per heavy atom. The summed E-state index contributed by atoms with van der Waals surface area (Å²) in [5.74, 6) is 0.0901. The maximum absolute atomic E-state index is 10.9. The van der Waals surface area contributed by atoms with E-state index in [1.807, 2.05) is 43.3 Å². The number of aromatic nitrogens is 4. The summed E-state index contributed by atoms with van der Waals surface area (Å²) in [5, 5.41) is 13.0. The lowest BCUT2D eigenvalue weighted by atomic mass is 10.2. The average Bonchev–Trinajstić information content (AvgIpc) is 3.05. The second kappa shape index (κ2) is 5.77. The van der Waals surface area contributed by atoms with Crippen molar-refractivity contribution in [1.82, 2.24) is 19.7 Å². The van der Waals surface area contributed by atoms with Gasteiger partial charge in [0, 0.05) is 23.5 Å². The summed E-state index contributed by atoms with van der Waals surface area (Å²) in [6, 6.07) is 12.9. The Balaban J connectivity index is 2.09. The van der Waals surface area contributed by atoms with E-state index in [0.29, 0.717) is 11.6 Å². The third-order valence-corrected chi connectivity index (χ3v) is 3.20. The van der Waals surface area contributed by atoms with E-state index in [9.17, 15) is 4.79 Å². The van der Waals surface area contributed by atoms with E-state index in [1.54, 1.807) is 6.20 Å². The van der Waals surface area contributed by atoms with Gasteiger partial charge < -0.3 is 5.11 Å². The fraction of sp³-hybridized carbons (Fsp3) is 0.125. The first-order chi connectivity index (χ1) is 10.7. The maximum Gasteiger partial charge on any atom is 0.356 e. The number of rotatable bonds is 4. The van der Waals surface area contributed by atoms with Crippen LogP contribution in [0.1, 0.15) is 23.1 Å². The van der Waals surface area contributed by atoms with Gasteiger partial charge in [0.2, 0.25) is 0 Å². The molecule has 2 aromatic heterocycles. The zero-order valence-electron chi connectivity index (χ0n) is 12.0. The molecule has 0 saturated heterocycles. The number of benzene rings is 1. The number of carboxylic acid groups (broad SMARTS) is 1. The van der Waals surface area contributed by atoms with Crippen molar-refractivity contribution >= 4 is 5.97 Å². The smallest absolute Gasteiger partial charge is 0.356 e. The lowest BCUT2D eigenvalue weighted by Crippen LogP contribution is -2.05. The van der Waals surface area contributed by atoms with E-state index in [2.05, 4.69) is 15.1 Å². The molecule has 3 rings (SSSR count). The highest BCUT2D eigenvalue weighted by molar-refractivity contribution is 5.85. The van der Waals surface area contributed by atoms with Crippen molar-refractivity contribution in [3.05, 3.63) is 60.0 Å². The first-order valence-corrected chi connectivity index (χ1v) is 6.90. The molecule has 0 saturated carbocycles. The summed E-state index contributed by atoms with van der Waals surface area (Å²) >= 11 is 0. The number of hydrogen-bond donors (Lipinski definition) is 1. The van der Waals surface area contributed by atoms with E-state index < -0.39 is 5.97 Å². The highest BCUT2D eigenvalue weighted by atomic mass is 16.4. The number of carbonyl (C=O) groups is 1. The fourth-order valence-corrected chi connectivity index (χ4v) is 2.06. The summed E-state index contributed by atoms with van der Waals surface area (Å²) in [6.45, 7) is 2.01. The van der Waals surface area contributed by atoms with Crippen LogP contribution >= 0.6 is 0 Å². The third-order valence-electron chi connectivity index (χ3n) is 3.20. The maximum atomic E-state index is 10.9. The third kappa shape index (κ3) is 2.71. The standard InChI is InChI=1S/C16H14N4O2/c1-2-12-10-14(20-9-8-13(19-20)16(21)22)18-15(17-12)11-6-4-3-5-7-11/h3-10H,2H2,1H3,(H,21,22). The molecule has 1 N–H and O–H groups in total. The number of hydrogen-bond acceptors (Lipinski definition) is 4. The van der Waals surface area contributed by atoms with Gasteiger partial charge in [0.15, 0.2) is 17.3 Å². The number of nitrogens with zero attached hydrogens (tertiary/aromatic N) is 4. The first-order valence-electron chi connectivity index (χ1n) is 6.90. The molecule has 22 heavy (non-hydrogen) atoms. The van der Waals surface area contributed by atoms with Crippen LogP contribution in [0.15, 0.2) is 48.7 Å². The van der Waals surface area contributed by atoms with E-state index in [4.69, 9.17) is 5.11 Å². The molecule has 0 aliphatic heterocycles. The minimum absolute atomic E-state index is 0.0158. The topological polar surface area (TPSA) is 80.9 Å². The van der Waals surface area contributed by atoms with Gasteiger partial charge in [-0.3, -0.25) is 0 Å². The van der Waals surface area contributed by atoms with Gasteiger partial charge in [0.1, 0.15) is 0 Å². The molecule has 3 aromatic rings. The Bertz CT molecular complexity index is 812. The molecule has 0 bridgehead atoms. The van der Waals surface area contributed by atoms with Crippen molar-refractivity contribution < 1.29 is 9.90 Å². The van der Waals surface area contributed by atoms with Crippen LogP contribution in [0.25, 0.3) is 17.2 Å². The van der Waals surface area contributed by atoms with Crippen LogP contribution in [0.5, 0.6) is 0 Å². The summed E-state index contributed by atoms with van der Waals surface area (Å²) in [5.41, 5.74) is 1.76. The molecular formula is C16H14N4O2. The Morgan fingerprint density at radius 2 is 1.95 bits per heavy atom. The number of aryl methyl sites for hydroxylation is 1. The quantitative estimate of drug-likeness (QED) is 0.800. The van der Waals surface area contributed by atoms with Crippen LogP contribution in [-0.4, -0.2) is 30.8 Å². The SMILES string of the molecule is CCc1cc(-n2ccc(C(=O)O)n2)nc(-c2ccccc2)n1. The van der Waals surface area contributed by atoms with Crippen LogP contribution in [0, 0.1) is 0 Å². The minimum Gasteiger partial charge on any atom is -0.476 e. The molecule has 0 fully saturated rings. The zero-order valence-corrected chi connectivity index (χ0v) is 12.0. The van der Waals surface area contributed by atoms with E-state index >= 15 is 0 Å². The van der Waals surface area contributed by atoms with Crippen LogP contribution in [0.3, 0.4) is 0 Å². The molecule has 1 aromatic carbocycles. The van der Waals surface area contributed by atoms with Gasteiger partial charge in [-0.25, -0.2) is 19.4 Å². The molecule has 0 spiro atoms. The average molecular weight is 294 g/mol. The van der Waals surface area contributed by atoms with E-state index in [1.165, 1.54) is 10.7 Å². The summed E-state index contributed by atoms with van der Waals surface area (Å²) in [7, 11) is 0. The van der Waals surface area contributed by atoms with Gasteiger partial charge in [0.05, 0.1) is 0 Å². The lowest BCUT2D eigenvalue weighted by molar-refractivity contribution is 0.0690. The molecule has 6 nitrogen and oxygen atoms in total. The summed E-state index contributed by atoms with van der Waals surface area (Å²) < 4.78 is 1.46. The van der Waals surface area contributed by atoms with Gasteiger partial charge in [-0.1, -0.05) is 37.3 Å². The van der Waals surface area contributed by atoms with Crippen molar-refractivity contribution in [2.75, 3.05) is 0 Å². The van der Waals surface area contributed by atoms with Crippen molar-refractivity contribution in [2.45, 2.75) is 13.3 Å². The van der Waals surface area contributed by atoms with Crippen molar-refractivity contribution in [1.29, 1.82) is 0 Å². The zero-order chi connectivity index (χ0) is 15.5. The Labute approximate surface area is 127 Å². The number of aromatic carboxylic acids is 1. The second-order valence-electron chi connectivity index (χ2n) is 4.71. The minimum atomic E-state index is -1.06. The molecule has 0 amide bonds. The van der Waals surface area contributed by atoms with Gasteiger partial charge >= 0.3 is 5.97 Å². The van der Waals surface area contributed by atoms with Gasteiger partial charge in [0.25, 0.3) is 0 Å². The normalized spacial score (nSPS) is 10.6. The van der Waals surface area contributed by atoms with Gasteiger partial charge in [-0.15, -0.1) is 0 Å². The lowest BCUT2D eigenvalue weighted by Gasteiger charge is -2.07. The van der Waals surface area contributed by atoms with Gasteiger partial charge in [-0.2, -0.15) is 5.10 Å². The molecule has 0 aliphatic rings. The molecule has 0 unspecified atom stereocenters. The van der Waals surface area contributed by atoms with E-state index in [0.717, 1.165) is 17.7 Å².